The van der Waals surface area contributed by atoms with E-state index in [4.69, 9.17) is 5.50 Å². The van der Waals surface area contributed by atoms with Gasteiger partial charge in [0.1, 0.15) is 13.2 Å². The molecule has 0 saturated carbocycles. The van der Waals surface area contributed by atoms with E-state index in [9.17, 15) is 4.89 Å². The molecule has 0 rings (SSSR count). The van der Waals surface area contributed by atoms with Crippen LogP contribution in [0.4, 0.5) is 0 Å². The van der Waals surface area contributed by atoms with E-state index in [0.29, 0.717) is 0 Å². The monoisotopic (exact) mass is 105 g/mol. The van der Waals surface area contributed by atoms with E-state index >= 15 is 0 Å². The van der Waals surface area contributed by atoms with Crippen molar-refractivity contribution in [3.8, 4) is 0 Å². The fraction of sp³-hybridized carbons (Fsp3) is 0.667. The number of nitrogens with two attached hydrogens (primary N) is 1. The van der Waals surface area contributed by atoms with Gasteiger partial charge < -0.3 is 4.89 Å². The lowest BCUT2D eigenvalue weighted by Crippen LogP contribution is -2.00. The first-order valence-corrected chi connectivity index (χ1v) is 2.99. The molecule has 2 nitrogen and oxygen atoms in total. The molecule has 6 heavy (non-hydrogen) atoms. The summed E-state index contributed by atoms with van der Waals surface area (Å²) in [4.78, 5) is 10.0. The van der Waals surface area contributed by atoms with Gasteiger partial charge in [-0.15, -0.1) is 0 Å². The fourth-order valence-corrected chi connectivity index (χ4v) is 0. The highest BCUT2D eigenvalue weighted by Crippen LogP contribution is 1.96. The maximum absolute atomic E-state index is 10.0. The van der Waals surface area contributed by atoms with Gasteiger partial charge in [0.25, 0.3) is 0 Å². The SMILES string of the molecule is CC(C)=[P+](N)[O-]. The van der Waals surface area contributed by atoms with Crippen molar-refractivity contribution in [1.82, 2.24) is 0 Å². The van der Waals surface area contributed by atoms with E-state index in [1.54, 1.807) is 13.8 Å². The molecule has 0 heterocycles. The van der Waals surface area contributed by atoms with Crippen molar-refractivity contribution in [2.45, 2.75) is 13.8 Å². The Labute approximate surface area is 38.5 Å². The number of hydrogen-bond acceptors (Lipinski definition) is 2. The van der Waals surface area contributed by atoms with Crippen molar-refractivity contribution in [2.24, 2.45) is 5.50 Å². The Morgan fingerprint density at radius 1 is 1.67 bits per heavy atom. The molecule has 36 valence electrons. The van der Waals surface area contributed by atoms with Gasteiger partial charge in [-0.25, -0.2) is 0 Å². The van der Waals surface area contributed by atoms with Crippen LogP contribution in [0.5, 0.6) is 0 Å². The summed E-state index contributed by atoms with van der Waals surface area (Å²) in [6.45, 7) is 3.50. The van der Waals surface area contributed by atoms with Crippen molar-refractivity contribution in [2.75, 3.05) is 0 Å². The van der Waals surface area contributed by atoms with Crippen molar-refractivity contribution in [3.63, 3.8) is 0 Å². The molecule has 0 aromatic carbocycles. The molecule has 0 radical (unpaired) electrons. The van der Waals surface area contributed by atoms with Crippen LogP contribution in [0.15, 0.2) is 0 Å². The van der Waals surface area contributed by atoms with Gasteiger partial charge in [0.05, 0.1) is 0 Å². The standard InChI is InChI=1S/C3H8NOP/c1-3(2)6(4)5/h4H2,1-2H3. The molecule has 0 aliphatic heterocycles. The number of rotatable bonds is 0. The van der Waals surface area contributed by atoms with E-state index in [-0.39, 0.29) is 0 Å². The van der Waals surface area contributed by atoms with Crippen LogP contribution in [0.1, 0.15) is 13.8 Å². The van der Waals surface area contributed by atoms with Crippen LogP contribution in [0.2, 0.25) is 0 Å². The Balaban J connectivity index is 3.68. The molecule has 0 aliphatic rings. The smallest absolute Gasteiger partial charge is 0.139 e. The average molecular weight is 105 g/mol. The molecule has 0 amide bonds. The summed E-state index contributed by atoms with van der Waals surface area (Å²) in [6, 6.07) is 0. The van der Waals surface area contributed by atoms with E-state index in [1.807, 2.05) is 0 Å². The summed E-state index contributed by atoms with van der Waals surface area (Å²) in [6.07, 6.45) is 0. The molecule has 1 unspecified atom stereocenters. The van der Waals surface area contributed by atoms with E-state index in [1.165, 1.54) is 0 Å². The predicted molar refractivity (Wildman–Crippen MR) is 27.5 cm³/mol. The van der Waals surface area contributed by atoms with Crippen LogP contribution in [-0.4, -0.2) is 5.29 Å². The van der Waals surface area contributed by atoms with E-state index in [0.717, 1.165) is 5.29 Å². The highest BCUT2D eigenvalue weighted by Gasteiger charge is 1.84. The summed E-state index contributed by atoms with van der Waals surface area (Å²) in [5, 5.41) is 0.796. The van der Waals surface area contributed by atoms with Crippen LogP contribution in [0.25, 0.3) is 0 Å². The average Bonchev–Trinajstić information content (AvgIpc) is 1.36. The number of hydrogen-bond donors (Lipinski definition) is 1. The zero-order valence-corrected chi connectivity index (χ0v) is 4.83. The summed E-state index contributed by atoms with van der Waals surface area (Å²) < 4.78 is 0. The normalized spacial score (nSPS) is 11.0. The lowest BCUT2D eigenvalue weighted by molar-refractivity contribution is -0.153. The van der Waals surface area contributed by atoms with Crippen LogP contribution in [0.3, 0.4) is 0 Å². The molecule has 3 heteroatoms. The Hall–Kier alpha value is 0.0900. The topological polar surface area (TPSA) is 49.1 Å². The van der Waals surface area contributed by atoms with Crippen LogP contribution in [-0.2, 0) is 0 Å². The largest absolute Gasteiger partial charge is 0.614 e. The van der Waals surface area contributed by atoms with Gasteiger partial charge in [0.15, 0.2) is 0 Å². The Morgan fingerprint density at radius 2 is 1.83 bits per heavy atom. The van der Waals surface area contributed by atoms with Crippen molar-refractivity contribution < 1.29 is 4.89 Å². The molecular formula is C3H8NOP. The summed E-state index contributed by atoms with van der Waals surface area (Å²) in [5.74, 6) is 0. The van der Waals surface area contributed by atoms with E-state index in [2.05, 4.69) is 0 Å². The third-order valence-corrected chi connectivity index (χ3v) is 1.32. The third kappa shape index (κ3) is 2.33. The van der Waals surface area contributed by atoms with Crippen molar-refractivity contribution in [1.29, 1.82) is 0 Å². The molecule has 0 bridgehead atoms. The third-order valence-electron chi connectivity index (χ3n) is 0.441. The first-order chi connectivity index (χ1) is 2.64. The maximum Gasteiger partial charge on any atom is 0.139 e. The van der Waals surface area contributed by atoms with Gasteiger partial charge in [0, 0.05) is 0 Å². The molecule has 0 aliphatic carbocycles. The summed E-state index contributed by atoms with van der Waals surface area (Å²) in [7, 11) is -1.49. The minimum Gasteiger partial charge on any atom is -0.614 e. The summed E-state index contributed by atoms with van der Waals surface area (Å²) >= 11 is 0. The first-order valence-electron chi connectivity index (χ1n) is 1.66. The second-order valence-corrected chi connectivity index (χ2v) is 2.82. The first kappa shape index (κ1) is 6.09. The Morgan fingerprint density at radius 3 is 1.83 bits per heavy atom. The lowest BCUT2D eigenvalue weighted by Gasteiger charge is -1.84. The van der Waals surface area contributed by atoms with Crippen LogP contribution >= 0.6 is 7.92 Å². The molecule has 0 aromatic rings. The van der Waals surface area contributed by atoms with Gasteiger partial charge in [-0.3, -0.25) is 0 Å². The van der Waals surface area contributed by atoms with Gasteiger partial charge in [-0.05, 0) is 13.8 Å². The molecule has 2 N–H and O–H groups in total. The Kier molecular flexibility index (Phi) is 2.33. The van der Waals surface area contributed by atoms with Gasteiger partial charge in [-0.2, -0.15) is 5.50 Å². The van der Waals surface area contributed by atoms with Gasteiger partial charge in [-0.1, -0.05) is 0 Å². The minimum absolute atomic E-state index is 0.796. The predicted octanol–water partition coefficient (Wildman–Crippen LogP) is -0.170. The van der Waals surface area contributed by atoms with Gasteiger partial charge >= 0.3 is 0 Å². The fourth-order valence-electron chi connectivity index (χ4n) is 0. The van der Waals surface area contributed by atoms with Crippen molar-refractivity contribution in [3.05, 3.63) is 0 Å². The summed E-state index contributed by atoms with van der Waals surface area (Å²) in [5.41, 5.74) is 4.91. The zero-order valence-electron chi connectivity index (χ0n) is 3.93. The molecule has 0 spiro atoms. The van der Waals surface area contributed by atoms with Crippen LogP contribution in [0, 0.1) is 0 Å². The second-order valence-electron chi connectivity index (χ2n) is 1.27. The van der Waals surface area contributed by atoms with E-state index < -0.39 is 7.92 Å². The zero-order chi connectivity index (χ0) is 5.15. The van der Waals surface area contributed by atoms with Gasteiger partial charge in [0.2, 0.25) is 0 Å². The van der Waals surface area contributed by atoms with Crippen LogP contribution < -0.4 is 10.4 Å². The quantitative estimate of drug-likeness (QED) is 0.435. The molecular weight excluding hydrogens is 97.0 g/mol. The second kappa shape index (κ2) is 2.30. The van der Waals surface area contributed by atoms with Crippen molar-refractivity contribution >= 4 is 13.2 Å². The molecule has 0 aromatic heterocycles. The lowest BCUT2D eigenvalue weighted by atomic mass is 10.6. The molecule has 1 atom stereocenters. The maximum atomic E-state index is 10.0. The molecule has 0 saturated heterocycles. The highest BCUT2D eigenvalue weighted by molar-refractivity contribution is 7.49. The Bertz CT molecular complexity index is 60.9. The highest BCUT2D eigenvalue weighted by atomic mass is 31.1. The molecule has 0 fully saturated rings. The minimum atomic E-state index is -1.49.